The Labute approximate surface area is 127 Å². The molecule has 1 aliphatic carbocycles. The number of hydrogen-bond acceptors (Lipinski definition) is 2. The second-order valence-electron chi connectivity index (χ2n) is 6.25. The third-order valence-electron chi connectivity index (χ3n) is 4.60. The number of nitrogens with zero attached hydrogens (tertiary/aromatic N) is 2. The largest absolute Gasteiger partial charge is 0.325 e. The van der Waals surface area contributed by atoms with Gasteiger partial charge in [-0.1, -0.05) is 26.0 Å². The average Bonchev–Trinajstić information content (AvgIpc) is 3.09. The van der Waals surface area contributed by atoms with E-state index in [-0.39, 0.29) is 0 Å². The van der Waals surface area contributed by atoms with E-state index in [4.69, 9.17) is 4.98 Å². The van der Waals surface area contributed by atoms with Crippen LogP contribution in [0.25, 0.3) is 11.0 Å². The maximum Gasteiger partial charge on any atom is 0.110 e. The summed E-state index contributed by atoms with van der Waals surface area (Å²) < 4.78 is 2.53. The van der Waals surface area contributed by atoms with Gasteiger partial charge in [0.1, 0.15) is 5.82 Å². The molecule has 3 heteroatoms. The Morgan fingerprint density at radius 1 is 1.19 bits per heavy atom. The van der Waals surface area contributed by atoms with Crippen molar-refractivity contribution >= 4 is 11.0 Å². The number of imidazole rings is 1. The number of aromatic nitrogens is 2. The molecule has 2 unspecified atom stereocenters. The zero-order valence-corrected chi connectivity index (χ0v) is 13.3. The molecule has 2 atom stereocenters. The molecular formula is C18H27N3. The lowest BCUT2D eigenvalue weighted by Gasteiger charge is -2.17. The Morgan fingerprint density at radius 2 is 2.05 bits per heavy atom. The van der Waals surface area contributed by atoms with Gasteiger partial charge in [-0.25, -0.2) is 4.98 Å². The van der Waals surface area contributed by atoms with Gasteiger partial charge in [0.2, 0.25) is 0 Å². The molecular weight excluding hydrogens is 258 g/mol. The first kappa shape index (κ1) is 14.6. The first-order valence-corrected chi connectivity index (χ1v) is 8.52. The zero-order valence-electron chi connectivity index (χ0n) is 13.3. The van der Waals surface area contributed by atoms with Crippen molar-refractivity contribution in [3.63, 3.8) is 0 Å². The van der Waals surface area contributed by atoms with Crippen molar-refractivity contribution in [3.8, 4) is 0 Å². The lowest BCUT2D eigenvalue weighted by atomic mass is 10.2. The molecule has 3 rings (SSSR count). The molecule has 114 valence electrons. The van der Waals surface area contributed by atoms with E-state index in [0.29, 0.717) is 12.1 Å². The topological polar surface area (TPSA) is 29.9 Å². The molecule has 1 aromatic carbocycles. The van der Waals surface area contributed by atoms with Gasteiger partial charge in [0.25, 0.3) is 0 Å². The highest BCUT2D eigenvalue weighted by Gasteiger charge is 2.28. The summed E-state index contributed by atoms with van der Waals surface area (Å²) in [6, 6.07) is 9.91. The van der Waals surface area contributed by atoms with Crippen LogP contribution in [0.2, 0.25) is 0 Å². The Kier molecular flexibility index (Phi) is 4.59. The third kappa shape index (κ3) is 2.98. The van der Waals surface area contributed by atoms with E-state index >= 15 is 0 Å². The van der Waals surface area contributed by atoms with E-state index in [1.54, 1.807) is 0 Å². The van der Waals surface area contributed by atoms with Gasteiger partial charge >= 0.3 is 0 Å². The molecule has 0 amide bonds. The van der Waals surface area contributed by atoms with Crippen LogP contribution in [-0.4, -0.2) is 22.1 Å². The quantitative estimate of drug-likeness (QED) is 0.866. The van der Waals surface area contributed by atoms with Crippen molar-refractivity contribution in [2.24, 2.45) is 0 Å². The fourth-order valence-corrected chi connectivity index (χ4v) is 3.63. The summed E-state index contributed by atoms with van der Waals surface area (Å²) in [4.78, 5) is 4.88. The standard InChI is InChI=1S/C18H27N3/c1-3-7-18-20-16-8-5-6-9-17(16)21(18)15-11-10-14(13-15)19-12-4-2/h5-6,8-9,14-15,19H,3-4,7,10-13H2,1-2H3. The summed E-state index contributed by atoms with van der Waals surface area (Å²) in [7, 11) is 0. The molecule has 1 aromatic heterocycles. The predicted molar refractivity (Wildman–Crippen MR) is 88.7 cm³/mol. The van der Waals surface area contributed by atoms with E-state index < -0.39 is 0 Å². The highest BCUT2D eigenvalue weighted by Crippen LogP contribution is 2.34. The first-order valence-electron chi connectivity index (χ1n) is 8.52. The van der Waals surface area contributed by atoms with Crippen molar-refractivity contribution in [2.45, 2.75) is 64.5 Å². The van der Waals surface area contributed by atoms with E-state index in [2.05, 4.69) is 48.0 Å². The Hall–Kier alpha value is -1.35. The molecule has 1 N–H and O–H groups in total. The Morgan fingerprint density at radius 3 is 2.86 bits per heavy atom. The number of hydrogen-bond donors (Lipinski definition) is 1. The highest BCUT2D eigenvalue weighted by atomic mass is 15.1. The number of aryl methyl sites for hydroxylation is 1. The molecule has 3 nitrogen and oxygen atoms in total. The summed E-state index contributed by atoms with van der Waals surface area (Å²) in [5.74, 6) is 1.28. The molecule has 1 aliphatic rings. The number of rotatable bonds is 6. The lowest BCUT2D eigenvalue weighted by molar-refractivity contribution is 0.470. The van der Waals surface area contributed by atoms with Crippen molar-refractivity contribution in [2.75, 3.05) is 6.54 Å². The monoisotopic (exact) mass is 285 g/mol. The molecule has 21 heavy (non-hydrogen) atoms. The van der Waals surface area contributed by atoms with Crippen molar-refractivity contribution in [1.82, 2.24) is 14.9 Å². The number of para-hydroxylation sites is 2. The van der Waals surface area contributed by atoms with Gasteiger partial charge in [0, 0.05) is 18.5 Å². The molecule has 1 saturated carbocycles. The minimum absolute atomic E-state index is 0.619. The lowest BCUT2D eigenvalue weighted by Crippen LogP contribution is -2.27. The van der Waals surface area contributed by atoms with E-state index in [9.17, 15) is 0 Å². The summed E-state index contributed by atoms with van der Waals surface area (Å²) in [5, 5.41) is 3.69. The van der Waals surface area contributed by atoms with Crippen LogP contribution < -0.4 is 5.32 Å². The van der Waals surface area contributed by atoms with Crippen LogP contribution in [0.4, 0.5) is 0 Å². The fourth-order valence-electron chi connectivity index (χ4n) is 3.63. The Balaban J connectivity index is 1.87. The van der Waals surface area contributed by atoms with E-state index in [1.165, 1.54) is 37.0 Å². The second kappa shape index (κ2) is 6.61. The van der Waals surface area contributed by atoms with Crippen molar-refractivity contribution < 1.29 is 0 Å². The maximum atomic E-state index is 4.88. The number of benzene rings is 1. The van der Waals surface area contributed by atoms with Gasteiger partial charge in [-0.05, 0) is 50.8 Å². The highest BCUT2D eigenvalue weighted by molar-refractivity contribution is 5.76. The minimum atomic E-state index is 0.619. The van der Waals surface area contributed by atoms with Crippen LogP contribution in [0.3, 0.4) is 0 Å². The van der Waals surface area contributed by atoms with Crippen LogP contribution in [-0.2, 0) is 6.42 Å². The normalized spacial score (nSPS) is 22.2. The Bertz CT molecular complexity index is 587. The van der Waals surface area contributed by atoms with Crippen LogP contribution in [0, 0.1) is 0 Å². The second-order valence-corrected chi connectivity index (χ2v) is 6.25. The van der Waals surface area contributed by atoms with Crippen molar-refractivity contribution in [1.29, 1.82) is 0 Å². The molecule has 1 fully saturated rings. The SMILES string of the molecule is CCCNC1CCC(n2c(CCC)nc3ccccc32)C1. The van der Waals surface area contributed by atoms with E-state index in [1.807, 2.05) is 0 Å². The molecule has 1 heterocycles. The van der Waals surface area contributed by atoms with Gasteiger partial charge < -0.3 is 9.88 Å². The van der Waals surface area contributed by atoms with Gasteiger partial charge in [0.15, 0.2) is 0 Å². The third-order valence-corrected chi connectivity index (χ3v) is 4.60. The average molecular weight is 285 g/mol. The molecule has 0 radical (unpaired) electrons. The van der Waals surface area contributed by atoms with Crippen LogP contribution in [0.1, 0.15) is 57.8 Å². The van der Waals surface area contributed by atoms with Gasteiger partial charge in [-0.3, -0.25) is 0 Å². The predicted octanol–water partition coefficient (Wildman–Crippen LogP) is 4.08. The van der Waals surface area contributed by atoms with E-state index in [0.717, 1.165) is 24.9 Å². The molecule has 0 aliphatic heterocycles. The zero-order chi connectivity index (χ0) is 14.7. The minimum Gasteiger partial charge on any atom is -0.325 e. The molecule has 0 saturated heterocycles. The number of fused-ring (bicyclic) bond motifs is 1. The molecule has 0 spiro atoms. The summed E-state index contributed by atoms with van der Waals surface area (Å²) in [6.45, 7) is 5.62. The summed E-state index contributed by atoms with van der Waals surface area (Å²) in [5.41, 5.74) is 2.48. The fraction of sp³-hybridized carbons (Fsp3) is 0.611. The first-order chi connectivity index (χ1) is 10.3. The maximum absolute atomic E-state index is 4.88. The molecule has 2 aromatic rings. The van der Waals surface area contributed by atoms with Gasteiger partial charge in [-0.15, -0.1) is 0 Å². The van der Waals surface area contributed by atoms with Gasteiger partial charge in [-0.2, -0.15) is 0 Å². The van der Waals surface area contributed by atoms with Crippen LogP contribution in [0.15, 0.2) is 24.3 Å². The summed E-state index contributed by atoms with van der Waals surface area (Å²) >= 11 is 0. The molecule has 0 bridgehead atoms. The van der Waals surface area contributed by atoms with Gasteiger partial charge in [0.05, 0.1) is 11.0 Å². The summed E-state index contributed by atoms with van der Waals surface area (Å²) in [6.07, 6.45) is 7.28. The smallest absolute Gasteiger partial charge is 0.110 e. The van der Waals surface area contributed by atoms with Crippen molar-refractivity contribution in [3.05, 3.63) is 30.1 Å². The number of nitrogens with one attached hydrogen (secondary N) is 1. The van der Waals surface area contributed by atoms with Crippen LogP contribution in [0.5, 0.6) is 0 Å². The van der Waals surface area contributed by atoms with Crippen LogP contribution >= 0.6 is 0 Å².